The van der Waals surface area contributed by atoms with E-state index in [0.29, 0.717) is 0 Å². The highest BCUT2D eigenvalue weighted by molar-refractivity contribution is 5.75. The minimum atomic E-state index is 0.0336. The van der Waals surface area contributed by atoms with Crippen molar-refractivity contribution in [3.05, 3.63) is 30.1 Å². The Hall–Kier alpha value is -1.39. The van der Waals surface area contributed by atoms with Crippen LogP contribution in [0, 0.1) is 0 Å². The second-order valence-corrected chi connectivity index (χ2v) is 3.59. The first-order valence-electron chi connectivity index (χ1n) is 5.03. The zero-order valence-corrected chi connectivity index (χ0v) is 8.77. The number of aromatic nitrogens is 2. The number of aryl methyl sites for hydroxylation is 1. The molecule has 0 amide bonds. The smallest absolute Gasteiger partial charge is 0.0955 e. The Morgan fingerprint density at radius 1 is 1.47 bits per heavy atom. The van der Waals surface area contributed by atoms with Gasteiger partial charge in [-0.05, 0) is 24.1 Å². The van der Waals surface area contributed by atoms with Gasteiger partial charge in [-0.15, -0.1) is 0 Å². The fourth-order valence-electron chi connectivity index (χ4n) is 1.65. The summed E-state index contributed by atoms with van der Waals surface area (Å²) < 4.78 is 2.01. The molecule has 15 heavy (non-hydrogen) atoms. The van der Waals surface area contributed by atoms with Crippen molar-refractivity contribution in [2.45, 2.75) is 6.42 Å². The number of rotatable bonds is 4. The maximum Gasteiger partial charge on any atom is 0.0955 e. The fraction of sp³-hybridized carbons (Fsp3) is 0.364. The molecule has 0 spiro atoms. The molecule has 1 aromatic carbocycles. The number of benzene rings is 1. The van der Waals surface area contributed by atoms with Gasteiger partial charge in [0.25, 0.3) is 0 Å². The number of aliphatic hydroxyl groups is 1. The average molecular weight is 205 g/mol. The largest absolute Gasteiger partial charge is 0.381 e. The first-order chi connectivity index (χ1) is 7.31. The number of nitrogens with zero attached hydrogens (tertiary/aromatic N) is 2. The van der Waals surface area contributed by atoms with E-state index in [0.717, 1.165) is 24.0 Å². The van der Waals surface area contributed by atoms with Gasteiger partial charge in [-0.2, -0.15) is 0 Å². The topological polar surface area (TPSA) is 50.1 Å². The number of imidazole rings is 1. The first kappa shape index (κ1) is 10.1. The molecule has 2 aromatic rings. The summed E-state index contributed by atoms with van der Waals surface area (Å²) in [5.41, 5.74) is 3.41. The minimum absolute atomic E-state index is 0.0336. The molecular weight excluding hydrogens is 190 g/mol. The quantitative estimate of drug-likeness (QED) is 0.569. The normalized spacial score (nSPS) is 11.1. The third kappa shape index (κ3) is 2.16. The number of hydrogen-bond donors (Lipinski definition) is 2. The average Bonchev–Trinajstić information content (AvgIpc) is 2.61. The molecule has 0 aliphatic heterocycles. The molecule has 1 aromatic heterocycles. The van der Waals surface area contributed by atoms with E-state index in [1.807, 2.05) is 17.9 Å². The molecule has 0 atom stereocenters. The molecule has 0 aliphatic rings. The molecule has 4 heteroatoms. The van der Waals surface area contributed by atoms with Gasteiger partial charge in [0, 0.05) is 13.6 Å². The summed E-state index contributed by atoms with van der Waals surface area (Å²) in [6.45, 7) is 0.820. The number of fused-ring (bicyclic) bond motifs is 1. The van der Waals surface area contributed by atoms with Crippen LogP contribution >= 0.6 is 0 Å². The van der Waals surface area contributed by atoms with Crippen molar-refractivity contribution >= 4 is 11.0 Å². The monoisotopic (exact) mass is 205 g/mol. The molecule has 1 heterocycles. The molecule has 0 unspecified atom stereocenters. The molecule has 0 fully saturated rings. The molecule has 80 valence electrons. The van der Waals surface area contributed by atoms with Gasteiger partial charge in [0.1, 0.15) is 0 Å². The van der Waals surface area contributed by atoms with Crippen LogP contribution in [-0.2, 0) is 13.5 Å². The molecule has 2 N–H and O–H groups in total. The second kappa shape index (κ2) is 4.42. The second-order valence-electron chi connectivity index (χ2n) is 3.59. The predicted octanol–water partition coefficient (Wildman–Crippen LogP) is 0.655. The lowest BCUT2D eigenvalue weighted by Gasteiger charge is -2.02. The van der Waals surface area contributed by atoms with E-state index >= 15 is 0 Å². The van der Waals surface area contributed by atoms with E-state index in [-0.39, 0.29) is 6.73 Å². The van der Waals surface area contributed by atoms with Crippen molar-refractivity contribution in [3.63, 3.8) is 0 Å². The highest BCUT2D eigenvalue weighted by atomic mass is 16.3. The standard InChI is InChI=1S/C11H15N3O/c1-14-7-13-10-6-9(2-3-11(10)14)4-5-12-8-15/h2-3,6-7,12,15H,4-5,8H2,1H3. The van der Waals surface area contributed by atoms with E-state index in [4.69, 9.17) is 5.11 Å². The Morgan fingerprint density at radius 2 is 2.33 bits per heavy atom. The third-order valence-corrected chi connectivity index (χ3v) is 2.49. The van der Waals surface area contributed by atoms with Gasteiger partial charge in [0.2, 0.25) is 0 Å². The summed E-state index contributed by atoms with van der Waals surface area (Å²) in [6, 6.07) is 6.27. The van der Waals surface area contributed by atoms with Gasteiger partial charge in [0.05, 0.1) is 24.1 Å². The number of hydrogen-bond acceptors (Lipinski definition) is 3. The Kier molecular flexibility index (Phi) is 2.99. The summed E-state index contributed by atoms with van der Waals surface area (Å²) in [4.78, 5) is 4.30. The zero-order valence-electron chi connectivity index (χ0n) is 8.77. The third-order valence-electron chi connectivity index (χ3n) is 2.49. The van der Waals surface area contributed by atoms with Crippen LogP contribution in [0.3, 0.4) is 0 Å². The number of nitrogens with one attached hydrogen (secondary N) is 1. The Balaban J connectivity index is 2.16. The molecule has 0 saturated carbocycles. The van der Waals surface area contributed by atoms with Gasteiger partial charge >= 0.3 is 0 Å². The van der Waals surface area contributed by atoms with Gasteiger partial charge < -0.3 is 9.67 Å². The van der Waals surface area contributed by atoms with Crippen LogP contribution in [0.25, 0.3) is 11.0 Å². The summed E-state index contributed by atoms with van der Waals surface area (Å²) in [5.74, 6) is 0. The maximum absolute atomic E-state index is 8.59. The lowest BCUT2D eigenvalue weighted by Crippen LogP contribution is -2.17. The van der Waals surface area contributed by atoms with Gasteiger partial charge in [-0.3, -0.25) is 5.32 Å². The summed E-state index contributed by atoms with van der Waals surface area (Å²) in [7, 11) is 1.99. The van der Waals surface area contributed by atoms with Crippen molar-refractivity contribution in [3.8, 4) is 0 Å². The van der Waals surface area contributed by atoms with Gasteiger partial charge in [-0.1, -0.05) is 6.07 Å². The van der Waals surface area contributed by atoms with Crippen molar-refractivity contribution < 1.29 is 5.11 Å². The molecule has 2 rings (SSSR count). The van der Waals surface area contributed by atoms with E-state index in [1.165, 1.54) is 5.56 Å². The van der Waals surface area contributed by atoms with Crippen LogP contribution in [0.15, 0.2) is 24.5 Å². The molecule has 0 radical (unpaired) electrons. The van der Waals surface area contributed by atoms with Crippen LogP contribution in [0.1, 0.15) is 5.56 Å². The zero-order chi connectivity index (χ0) is 10.7. The Morgan fingerprint density at radius 3 is 3.13 bits per heavy atom. The van der Waals surface area contributed by atoms with E-state index in [2.05, 4.69) is 28.5 Å². The van der Waals surface area contributed by atoms with Crippen LogP contribution in [0.4, 0.5) is 0 Å². The molecule has 0 aliphatic carbocycles. The SMILES string of the molecule is Cn1cnc2cc(CCNCO)ccc21. The highest BCUT2D eigenvalue weighted by Gasteiger charge is 2.00. The van der Waals surface area contributed by atoms with Crippen molar-refractivity contribution in [2.24, 2.45) is 7.05 Å². The van der Waals surface area contributed by atoms with Gasteiger partial charge in [-0.25, -0.2) is 4.98 Å². The van der Waals surface area contributed by atoms with Crippen LogP contribution in [0.2, 0.25) is 0 Å². The van der Waals surface area contributed by atoms with E-state index in [1.54, 1.807) is 0 Å². The van der Waals surface area contributed by atoms with E-state index < -0.39 is 0 Å². The number of aliphatic hydroxyl groups excluding tert-OH is 1. The predicted molar refractivity (Wildman–Crippen MR) is 59.5 cm³/mol. The summed E-state index contributed by atoms with van der Waals surface area (Å²) in [5, 5.41) is 11.5. The maximum atomic E-state index is 8.59. The highest BCUT2D eigenvalue weighted by Crippen LogP contribution is 2.13. The molecule has 0 bridgehead atoms. The molecule has 0 saturated heterocycles. The lowest BCUT2D eigenvalue weighted by molar-refractivity contribution is 0.262. The first-order valence-corrected chi connectivity index (χ1v) is 5.03. The van der Waals surface area contributed by atoms with Gasteiger partial charge in [0.15, 0.2) is 0 Å². The summed E-state index contributed by atoms with van der Waals surface area (Å²) in [6.07, 6.45) is 2.73. The van der Waals surface area contributed by atoms with Crippen LogP contribution in [0.5, 0.6) is 0 Å². The molecule has 4 nitrogen and oxygen atoms in total. The minimum Gasteiger partial charge on any atom is -0.381 e. The van der Waals surface area contributed by atoms with Crippen molar-refractivity contribution in [1.82, 2.24) is 14.9 Å². The van der Waals surface area contributed by atoms with Crippen molar-refractivity contribution in [1.29, 1.82) is 0 Å². The Bertz CT molecular complexity index is 450. The fourth-order valence-corrected chi connectivity index (χ4v) is 1.65. The van der Waals surface area contributed by atoms with Crippen molar-refractivity contribution in [2.75, 3.05) is 13.3 Å². The van der Waals surface area contributed by atoms with Crippen LogP contribution in [-0.4, -0.2) is 27.9 Å². The lowest BCUT2D eigenvalue weighted by atomic mass is 10.1. The van der Waals surface area contributed by atoms with E-state index in [9.17, 15) is 0 Å². The summed E-state index contributed by atoms with van der Waals surface area (Å²) >= 11 is 0. The molecular formula is C11H15N3O. The Labute approximate surface area is 88.6 Å². The van der Waals surface area contributed by atoms with Crippen LogP contribution < -0.4 is 5.32 Å².